The molecule has 0 aromatic rings. The molecule has 3 nitrogen and oxygen atoms in total. The summed E-state index contributed by atoms with van der Waals surface area (Å²) in [5, 5.41) is 0. The fraction of sp³-hybridized carbons (Fsp3) is 1.00. The average molecular weight is 252 g/mol. The van der Waals surface area contributed by atoms with Gasteiger partial charge in [0.1, 0.15) is 0 Å². The second-order valence-corrected chi connectivity index (χ2v) is 5.15. The second-order valence-electron chi connectivity index (χ2n) is 4.59. The molecule has 0 radical (unpaired) electrons. The van der Waals surface area contributed by atoms with Crippen LogP contribution in [0.4, 0.5) is 0 Å². The van der Waals surface area contributed by atoms with E-state index in [1.807, 2.05) is 0 Å². The average Bonchev–Trinajstić information content (AvgIpc) is 2.15. The molecule has 4 heteroatoms. The summed E-state index contributed by atoms with van der Waals surface area (Å²) in [4.78, 5) is 14.3. The van der Waals surface area contributed by atoms with Crippen LogP contribution in [0.5, 0.6) is 0 Å². The van der Waals surface area contributed by atoms with Crippen LogP contribution in [0.3, 0.4) is 0 Å². The highest BCUT2D eigenvalue weighted by Crippen LogP contribution is 2.11. The maximum atomic E-state index is 8.74. The van der Waals surface area contributed by atoms with E-state index in [1.165, 1.54) is 51.4 Å². The van der Waals surface area contributed by atoms with Crippen molar-refractivity contribution in [2.75, 3.05) is 0 Å². The molecule has 0 unspecified atom stereocenters. The zero-order valence-corrected chi connectivity index (χ0v) is 12.0. The van der Waals surface area contributed by atoms with Crippen molar-refractivity contribution in [2.24, 2.45) is 5.92 Å². The lowest BCUT2D eigenvalue weighted by Gasteiger charge is -2.03. The van der Waals surface area contributed by atoms with E-state index in [-0.39, 0.29) is 0 Å². The van der Waals surface area contributed by atoms with Gasteiger partial charge in [-0.15, -0.1) is 0 Å². The Hall–Kier alpha value is 0.150. The summed E-state index contributed by atoms with van der Waals surface area (Å²) < 4.78 is 8.74. The fourth-order valence-corrected chi connectivity index (χ4v) is 1.51. The Balaban J connectivity index is 0. The van der Waals surface area contributed by atoms with Gasteiger partial charge in [0.25, 0.3) is 0 Å². The van der Waals surface area contributed by atoms with Gasteiger partial charge in [-0.25, -0.2) is 0 Å². The zero-order valence-electron chi connectivity index (χ0n) is 11.0. The Bertz CT molecular complexity index is 145. The van der Waals surface area contributed by atoms with E-state index in [1.54, 1.807) is 0 Å². The molecule has 0 fully saturated rings. The molecule has 0 saturated heterocycles. The standard InChI is InChI=1S/C12H26.H3O3P/c1-4-5-6-7-8-9-10-11-12(2)3;1-4(2)3/h12H,4-11H2,1-3H3;4H,(H2,1,2,3). The maximum Gasteiger partial charge on any atom is 0.314 e. The lowest BCUT2D eigenvalue weighted by atomic mass is 10.0. The van der Waals surface area contributed by atoms with Gasteiger partial charge in [0.15, 0.2) is 0 Å². The number of hydrogen-bond donors (Lipinski definition) is 2. The smallest absolute Gasteiger partial charge is 0.314 e. The monoisotopic (exact) mass is 252 g/mol. The molecule has 0 heterocycles. The number of rotatable bonds is 8. The Kier molecular flexibility index (Phi) is 17.5. The third kappa shape index (κ3) is 29.2. The van der Waals surface area contributed by atoms with Crippen molar-refractivity contribution < 1.29 is 14.4 Å². The van der Waals surface area contributed by atoms with Crippen LogP contribution in [-0.4, -0.2) is 9.79 Å². The Morgan fingerprint density at radius 2 is 1.31 bits per heavy atom. The van der Waals surface area contributed by atoms with Crippen molar-refractivity contribution in [3.63, 3.8) is 0 Å². The summed E-state index contributed by atoms with van der Waals surface area (Å²) >= 11 is 0. The largest absolute Gasteiger partial charge is 0.326 e. The molecule has 0 atom stereocenters. The van der Waals surface area contributed by atoms with Gasteiger partial charge in [0.05, 0.1) is 0 Å². The minimum atomic E-state index is -3.13. The molecule has 0 aliphatic rings. The fourth-order valence-electron chi connectivity index (χ4n) is 1.51. The van der Waals surface area contributed by atoms with Crippen LogP contribution in [0.2, 0.25) is 0 Å². The van der Waals surface area contributed by atoms with E-state index in [9.17, 15) is 0 Å². The molecule has 0 saturated carbocycles. The van der Waals surface area contributed by atoms with Gasteiger partial charge >= 0.3 is 8.25 Å². The van der Waals surface area contributed by atoms with Crippen molar-refractivity contribution >= 4 is 8.25 Å². The molecular formula is C12H29O3P. The van der Waals surface area contributed by atoms with E-state index < -0.39 is 8.25 Å². The molecular weight excluding hydrogens is 223 g/mol. The first kappa shape index (κ1) is 18.5. The van der Waals surface area contributed by atoms with Crippen LogP contribution in [0, 0.1) is 5.92 Å². The van der Waals surface area contributed by atoms with E-state index in [2.05, 4.69) is 20.8 Å². The van der Waals surface area contributed by atoms with Crippen LogP contribution < -0.4 is 0 Å². The SMILES string of the molecule is CCCCCCCCCC(C)C.O=[PH](O)O. The van der Waals surface area contributed by atoms with Crippen molar-refractivity contribution in [1.82, 2.24) is 0 Å². The third-order valence-electron chi connectivity index (χ3n) is 2.39. The third-order valence-corrected chi connectivity index (χ3v) is 2.39. The molecule has 0 bridgehead atoms. The predicted molar refractivity (Wildman–Crippen MR) is 70.9 cm³/mol. The second kappa shape index (κ2) is 15.1. The Labute approximate surface area is 101 Å². The van der Waals surface area contributed by atoms with Crippen LogP contribution in [0.25, 0.3) is 0 Å². The van der Waals surface area contributed by atoms with E-state index >= 15 is 0 Å². The molecule has 0 aromatic carbocycles. The maximum absolute atomic E-state index is 8.74. The number of hydrogen-bond acceptors (Lipinski definition) is 1. The minimum absolute atomic E-state index is 0.903. The van der Waals surface area contributed by atoms with Gasteiger partial charge in [-0.1, -0.05) is 72.1 Å². The highest BCUT2D eigenvalue weighted by Gasteiger charge is 1.93. The van der Waals surface area contributed by atoms with Gasteiger partial charge in [0.2, 0.25) is 0 Å². The van der Waals surface area contributed by atoms with Crippen molar-refractivity contribution in [1.29, 1.82) is 0 Å². The first-order valence-corrected chi connectivity index (χ1v) is 7.72. The molecule has 100 valence electrons. The lowest BCUT2D eigenvalue weighted by Crippen LogP contribution is -1.87. The summed E-state index contributed by atoms with van der Waals surface area (Å²) in [7, 11) is -3.13. The predicted octanol–water partition coefficient (Wildman–Crippen LogP) is 4.14. The van der Waals surface area contributed by atoms with Crippen molar-refractivity contribution in [3.05, 3.63) is 0 Å². The quantitative estimate of drug-likeness (QED) is 0.504. The molecule has 0 aliphatic heterocycles. The zero-order chi connectivity index (χ0) is 12.8. The van der Waals surface area contributed by atoms with Crippen LogP contribution >= 0.6 is 8.25 Å². The summed E-state index contributed by atoms with van der Waals surface area (Å²) in [6, 6.07) is 0. The molecule has 2 N–H and O–H groups in total. The van der Waals surface area contributed by atoms with Crippen LogP contribution in [-0.2, 0) is 4.57 Å². The summed E-state index contributed by atoms with van der Waals surface area (Å²) in [5.41, 5.74) is 0. The van der Waals surface area contributed by atoms with Gasteiger partial charge in [-0.3, -0.25) is 4.57 Å². The highest BCUT2D eigenvalue weighted by molar-refractivity contribution is 7.30. The molecule has 0 aliphatic carbocycles. The van der Waals surface area contributed by atoms with E-state index in [0.29, 0.717) is 0 Å². The van der Waals surface area contributed by atoms with Gasteiger partial charge < -0.3 is 9.79 Å². The van der Waals surface area contributed by atoms with E-state index in [4.69, 9.17) is 14.4 Å². The molecule has 0 amide bonds. The van der Waals surface area contributed by atoms with Crippen LogP contribution in [0.15, 0.2) is 0 Å². The molecule has 0 aromatic heterocycles. The molecule has 16 heavy (non-hydrogen) atoms. The summed E-state index contributed by atoms with van der Waals surface area (Å²) in [6.45, 7) is 6.91. The first-order chi connectivity index (χ1) is 7.50. The Morgan fingerprint density at radius 3 is 1.69 bits per heavy atom. The van der Waals surface area contributed by atoms with Gasteiger partial charge in [-0.05, 0) is 5.92 Å². The first-order valence-electron chi connectivity index (χ1n) is 6.42. The lowest BCUT2D eigenvalue weighted by molar-refractivity contribution is 0.405. The Morgan fingerprint density at radius 1 is 0.938 bits per heavy atom. The van der Waals surface area contributed by atoms with Crippen LogP contribution in [0.1, 0.15) is 72.1 Å². The van der Waals surface area contributed by atoms with Crippen molar-refractivity contribution in [2.45, 2.75) is 72.1 Å². The minimum Gasteiger partial charge on any atom is -0.326 e. The summed E-state index contributed by atoms with van der Waals surface area (Å²) in [6.07, 6.45) is 11.5. The molecule has 0 spiro atoms. The van der Waals surface area contributed by atoms with E-state index in [0.717, 1.165) is 5.92 Å². The molecule has 0 rings (SSSR count). The normalized spacial score (nSPS) is 10.4. The van der Waals surface area contributed by atoms with Crippen molar-refractivity contribution in [3.8, 4) is 0 Å². The highest BCUT2D eigenvalue weighted by atomic mass is 31.1. The topological polar surface area (TPSA) is 57.5 Å². The van der Waals surface area contributed by atoms with Gasteiger partial charge in [-0.2, -0.15) is 0 Å². The van der Waals surface area contributed by atoms with Gasteiger partial charge in [0, 0.05) is 0 Å². The summed E-state index contributed by atoms with van der Waals surface area (Å²) in [5.74, 6) is 0.903. The number of unbranched alkanes of at least 4 members (excludes halogenated alkanes) is 6.